The van der Waals surface area contributed by atoms with Crippen molar-refractivity contribution in [2.45, 2.75) is 33.2 Å². The van der Waals surface area contributed by atoms with Crippen LogP contribution in [0.5, 0.6) is 0 Å². The molecule has 0 saturated carbocycles. The van der Waals surface area contributed by atoms with Crippen molar-refractivity contribution in [2.75, 3.05) is 11.4 Å². The van der Waals surface area contributed by atoms with Crippen LogP contribution in [0, 0.1) is 20.8 Å². The number of nitrogens with one attached hydrogen (secondary N) is 2. The van der Waals surface area contributed by atoms with Crippen LogP contribution in [-0.2, 0) is 4.79 Å². The first-order chi connectivity index (χ1) is 11.0. The molecule has 5 nitrogen and oxygen atoms in total. The molecule has 1 aromatic carbocycles. The smallest absolute Gasteiger partial charge is 0.268 e. The Balaban J connectivity index is 1.78. The predicted octanol–water partition coefficient (Wildman–Crippen LogP) is 2.48. The molecule has 1 saturated heterocycles. The molecule has 2 N–H and O–H groups in total. The van der Waals surface area contributed by atoms with Crippen molar-refractivity contribution < 1.29 is 9.59 Å². The molecule has 0 spiro atoms. The normalized spacial score (nSPS) is 17.6. The van der Waals surface area contributed by atoms with Gasteiger partial charge in [0.2, 0.25) is 5.91 Å². The topological polar surface area (TPSA) is 65.2 Å². The lowest BCUT2D eigenvalue weighted by molar-refractivity contribution is -0.118. The van der Waals surface area contributed by atoms with E-state index in [0.29, 0.717) is 18.7 Å². The monoisotopic (exact) mass is 311 g/mol. The quantitative estimate of drug-likeness (QED) is 0.914. The van der Waals surface area contributed by atoms with Crippen LogP contribution in [0.1, 0.15) is 33.6 Å². The number of carbonyl (C=O) groups excluding carboxylic acids is 2. The van der Waals surface area contributed by atoms with Gasteiger partial charge < -0.3 is 15.2 Å². The van der Waals surface area contributed by atoms with Crippen LogP contribution in [0.3, 0.4) is 0 Å². The summed E-state index contributed by atoms with van der Waals surface area (Å²) in [4.78, 5) is 29.5. The van der Waals surface area contributed by atoms with E-state index in [-0.39, 0.29) is 11.8 Å². The van der Waals surface area contributed by atoms with Crippen molar-refractivity contribution >= 4 is 17.5 Å². The van der Waals surface area contributed by atoms with Crippen LogP contribution in [0.25, 0.3) is 0 Å². The van der Waals surface area contributed by atoms with Crippen molar-refractivity contribution in [3.63, 3.8) is 0 Å². The Hall–Kier alpha value is -2.56. The maximum Gasteiger partial charge on any atom is 0.268 e. The summed E-state index contributed by atoms with van der Waals surface area (Å²) in [6.07, 6.45) is 2.31. The highest BCUT2D eigenvalue weighted by molar-refractivity contribution is 6.04. The fraction of sp³-hybridized carbons (Fsp3) is 0.333. The molecule has 0 unspecified atom stereocenters. The maximum atomic E-state index is 12.7. The Kier molecular flexibility index (Phi) is 3.94. The Bertz CT molecular complexity index is 727. The molecule has 0 radical (unpaired) electrons. The number of rotatable bonds is 3. The number of benzene rings is 1. The van der Waals surface area contributed by atoms with Crippen molar-refractivity contribution in [3.05, 3.63) is 52.8 Å². The van der Waals surface area contributed by atoms with Gasteiger partial charge in [-0.1, -0.05) is 17.7 Å². The van der Waals surface area contributed by atoms with E-state index in [1.54, 1.807) is 23.2 Å². The molecular weight excluding hydrogens is 290 g/mol. The lowest BCUT2D eigenvalue weighted by Gasteiger charge is -2.22. The number of nitrogens with zero attached hydrogens (tertiary/aromatic N) is 1. The third-order valence-electron chi connectivity index (χ3n) is 4.26. The average Bonchev–Trinajstić information content (AvgIpc) is 3.11. The number of carbonyl (C=O) groups is 2. The molecule has 120 valence electrons. The Morgan fingerprint density at radius 1 is 1.26 bits per heavy atom. The van der Waals surface area contributed by atoms with Crippen molar-refractivity contribution in [3.8, 4) is 0 Å². The Labute approximate surface area is 135 Å². The summed E-state index contributed by atoms with van der Waals surface area (Å²) in [6.45, 7) is 6.72. The van der Waals surface area contributed by atoms with Crippen LogP contribution in [0.4, 0.5) is 5.69 Å². The standard InChI is InChI=1S/C18H21N3O2/c1-11-9-12(2)16(13(3)10-11)21-8-6-15(18(21)23)20-17(22)14-5-4-7-19-14/h4-5,7,9-10,15,19H,6,8H2,1-3H3,(H,20,22)/t15-/m1/s1. The maximum absolute atomic E-state index is 12.7. The molecule has 2 heterocycles. The van der Waals surface area contributed by atoms with E-state index in [0.717, 1.165) is 16.8 Å². The minimum atomic E-state index is -0.467. The zero-order chi connectivity index (χ0) is 16.6. The Morgan fingerprint density at radius 2 is 1.96 bits per heavy atom. The molecule has 1 fully saturated rings. The van der Waals surface area contributed by atoms with Gasteiger partial charge in [-0.3, -0.25) is 9.59 Å². The van der Waals surface area contributed by atoms with E-state index < -0.39 is 6.04 Å². The van der Waals surface area contributed by atoms with Gasteiger partial charge in [-0.15, -0.1) is 0 Å². The summed E-state index contributed by atoms with van der Waals surface area (Å²) in [6, 6.07) is 7.16. The Morgan fingerprint density at radius 3 is 2.57 bits per heavy atom. The number of aryl methyl sites for hydroxylation is 3. The van der Waals surface area contributed by atoms with Crippen molar-refractivity contribution in [2.24, 2.45) is 0 Å². The molecule has 0 bridgehead atoms. The largest absolute Gasteiger partial charge is 0.357 e. The first-order valence-corrected chi connectivity index (χ1v) is 7.81. The van der Waals surface area contributed by atoms with E-state index in [2.05, 4.69) is 29.4 Å². The summed E-state index contributed by atoms with van der Waals surface area (Å²) in [5.74, 6) is -0.285. The second-order valence-electron chi connectivity index (χ2n) is 6.14. The lowest BCUT2D eigenvalue weighted by atomic mass is 10.0. The van der Waals surface area contributed by atoms with Gasteiger partial charge >= 0.3 is 0 Å². The van der Waals surface area contributed by atoms with Gasteiger partial charge in [-0.25, -0.2) is 0 Å². The van der Waals surface area contributed by atoms with E-state index in [1.807, 2.05) is 13.8 Å². The molecule has 23 heavy (non-hydrogen) atoms. The fourth-order valence-electron chi connectivity index (χ4n) is 3.34. The molecule has 3 rings (SSSR count). The molecule has 0 aliphatic carbocycles. The summed E-state index contributed by atoms with van der Waals surface area (Å²) in [7, 11) is 0. The molecule has 1 atom stereocenters. The third-order valence-corrected chi connectivity index (χ3v) is 4.26. The number of amides is 2. The molecule has 2 amide bonds. The molecule has 1 aromatic heterocycles. The number of anilines is 1. The zero-order valence-electron chi connectivity index (χ0n) is 13.6. The minimum absolute atomic E-state index is 0.0417. The first kappa shape index (κ1) is 15.3. The second-order valence-corrected chi connectivity index (χ2v) is 6.14. The highest BCUT2D eigenvalue weighted by Crippen LogP contribution is 2.30. The minimum Gasteiger partial charge on any atom is -0.357 e. The van der Waals surface area contributed by atoms with Gasteiger partial charge in [-0.05, 0) is 50.5 Å². The van der Waals surface area contributed by atoms with E-state index in [1.165, 1.54) is 5.56 Å². The van der Waals surface area contributed by atoms with E-state index >= 15 is 0 Å². The van der Waals surface area contributed by atoms with Gasteiger partial charge in [0, 0.05) is 18.4 Å². The second kappa shape index (κ2) is 5.91. The van der Waals surface area contributed by atoms with Crippen LogP contribution in [0.15, 0.2) is 30.5 Å². The van der Waals surface area contributed by atoms with Crippen molar-refractivity contribution in [1.29, 1.82) is 0 Å². The molecule has 1 aliphatic heterocycles. The highest BCUT2D eigenvalue weighted by Gasteiger charge is 2.35. The van der Waals surface area contributed by atoms with Gasteiger partial charge in [-0.2, -0.15) is 0 Å². The molecule has 2 aromatic rings. The zero-order valence-corrected chi connectivity index (χ0v) is 13.6. The van der Waals surface area contributed by atoms with Crippen LogP contribution >= 0.6 is 0 Å². The summed E-state index contributed by atoms with van der Waals surface area (Å²) < 4.78 is 0. The summed E-state index contributed by atoms with van der Waals surface area (Å²) in [5.41, 5.74) is 4.81. The van der Waals surface area contributed by atoms with Gasteiger partial charge in [0.15, 0.2) is 0 Å². The summed E-state index contributed by atoms with van der Waals surface area (Å²) in [5, 5.41) is 2.82. The molecule has 5 heteroatoms. The fourth-order valence-corrected chi connectivity index (χ4v) is 3.34. The number of hydrogen-bond acceptors (Lipinski definition) is 2. The number of aromatic nitrogens is 1. The average molecular weight is 311 g/mol. The number of H-pyrrole nitrogens is 1. The number of aromatic amines is 1. The van der Waals surface area contributed by atoms with Gasteiger partial charge in [0.1, 0.15) is 11.7 Å². The SMILES string of the molecule is Cc1cc(C)c(N2CC[C@@H](NC(=O)c3ccc[nH]3)C2=O)c(C)c1. The summed E-state index contributed by atoms with van der Waals surface area (Å²) >= 11 is 0. The predicted molar refractivity (Wildman–Crippen MR) is 89.7 cm³/mol. The molecule has 1 aliphatic rings. The van der Waals surface area contributed by atoms with E-state index in [9.17, 15) is 9.59 Å². The first-order valence-electron chi connectivity index (χ1n) is 7.81. The highest BCUT2D eigenvalue weighted by atomic mass is 16.2. The lowest BCUT2D eigenvalue weighted by Crippen LogP contribution is -2.42. The van der Waals surface area contributed by atoms with E-state index in [4.69, 9.17) is 0 Å². The molecular formula is C18H21N3O2. The van der Waals surface area contributed by atoms with Gasteiger partial charge in [0.05, 0.1) is 0 Å². The van der Waals surface area contributed by atoms with Crippen LogP contribution < -0.4 is 10.2 Å². The van der Waals surface area contributed by atoms with Crippen LogP contribution in [0.2, 0.25) is 0 Å². The van der Waals surface area contributed by atoms with Gasteiger partial charge in [0.25, 0.3) is 5.91 Å². The van der Waals surface area contributed by atoms with Crippen molar-refractivity contribution in [1.82, 2.24) is 10.3 Å². The third kappa shape index (κ3) is 2.86. The number of hydrogen-bond donors (Lipinski definition) is 2. The van der Waals surface area contributed by atoms with Crippen LogP contribution in [-0.4, -0.2) is 29.4 Å².